The molecule has 7 nitrogen and oxygen atoms in total. The number of nitrogens with zero attached hydrogens (tertiary/aromatic N) is 1. The molecular formula is C20H19FN2O5S2. The normalized spacial score (nSPS) is 11.6. The lowest BCUT2D eigenvalue weighted by Gasteiger charge is -2.19. The maximum Gasteiger partial charge on any atom is 0.348 e. The van der Waals surface area contributed by atoms with Crippen molar-refractivity contribution in [2.75, 3.05) is 25.2 Å². The summed E-state index contributed by atoms with van der Waals surface area (Å²) in [5.74, 6) is -1.39. The first kappa shape index (κ1) is 21.9. The van der Waals surface area contributed by atoms with Crippen molar-refractivity contribution in [3.8, 4) is 0 Å². The molecule has 3 aromatic rings. The summed E-state index contributed by atoms with van der Waals surface area (Å²) in [4.78, 5) is 24.6. The van der Waals surface area contributed by atoms with Crippen LogP contribution in [0.25, 0.3) is 10.1 Å². The smallest absolute Gasteiger partial charge is 0.348 e. The van der Waals surface area contributed by atoms with Crippen LogP contribution in [0.3, 0.4) is 0 Å². The summed E-state index contributed by atoms with van der Waals surface area (Å²) in [5, 5.41) is 3.42. The van der Waals surface area contributed by atoms with Gasteiger partial charge in [0.1, 0.15) is 10.7 Å². The van der Waals surface area contributed by atoms with Crippen LogP contribution in [0.5, 0.6) is 0 Å². The second-order valence-corrected chi connectivity index (χ2v) is 9.63. The van der Waals surface area contributed by atoms with Crippen LogP contribution in [-0.4, -0.2) is 44.5 Å². The summed E-state index contributed by atoms with van der Waals surface area (Å²) in [6.45, 7) is -0.454. The lowest BCUT2D eigenvalue weighted by Crippen LogP contribution is -2.36. The predicted octanol–water partition coefficient (Wildman–Crippen LogP) is 3.23. The summed E-state index contributed by atoms with van der Waals surface area (Å²) in [7, 11) is -2.37. The third-order valence-electron chi connectivity index (χ3n) is 4.25. The van der Waals surface area contributed by atoms with Gasteiger partial charge in [-0.25, -0.2) is 17.6 Å². The summed E-state index contributed by atoms with van der Waals surface area (Å²) in [5.41, 5.74) is 1.03. The van der Waals surface area contributed by atoms with Crippen molar-refractivity contribution in [3.05, 3.63) is 64.8 Å². The van der Waals surface area contributed by atoms with E-state index in [4.69, 9.17) is 4.74 Å². The van der Waals surface area contributed by atoms with E-state index in [1.54, 1.807) is 24.3 Å². The third kappa shape index (κ3) is 5.41. The monoisotopic (exact) mass is 450 g/mol. The molecule has 0 aliphatic rings. The van der Waals surface area contributed by atoms with Crippen molar-refractivity contribution in [3.63, 3.8) is 0 Å². The molecule has 158 valence electrons. The van der Waals surface area contributed by atoms with E-state index in [-0.39, 0.29) is 6.54 Å². The Hall–Kier alpha value is -2.82. The topological polar surface area (TPSA) is 92.8 Å². The van der Waals surface area contributed by atoms with E-state index in [0.717, 1.165) is 20.6 Å². The Bertz CT molecular complexity index is 1190. The molecule has 3 rings (SSSR count). The molecule has 0 bridgehead atoms. The number of hydrogen-bond donors (Lipinski definition) is 1. The first-order valence-corrected chi connectivity index (χ1v) is 11.4. The van der Waals surface area contributed by atoms with Gasteiger partial charge in [-0.15, -0.1) is 11.3 Å². The zero-order valence-corrected chi connectivity index (χ0v) is 17.8. The SMILES string of the molecule is COC(=O)c1cc2cc(NC(=O)CN(Cc3ccc(F)cc3)S(C)(=O)=O)ccc2s1. The standard InChI is InChI=1S/C20H19FN2O5S2/c1-28-20(25)18-10-14-9-16(7-8-17(14)29-18)22-19(24)12-23(30(2,26)27)11-13-3-5-15(21)6-4-13/h3-10H,11-12H2,1-2H3,(H,22,24). The molecule has 0 spiro atoms. The van der Waals surface area contributed by atoms with Gasteiger partial charge < -0.3 is 10.1 Å². The molecule has 1 N–H and O–H groups in total. The van der Waals surface area contributed by atoms with Crippen molar-refractivity contribution < 1.29 is 27.1 Å². The lowest BCUT2D eigenvalue weighted by atomic mass is 10.2. The van der Waals surface area contributed by atoms with Gasteiger partial charge in [-0.3, -0.25) is 4.79 Å². The molecule has 0 aliphatic carbocycles. The molecule has 1 aromatic heterocycles. The highest BCUT2D eigenvalue weighted by Crippen LogP contribution is 2.28. The number of ether oxygens (including phenoxy) is 1. The van der Waals surface area contributed by atoms with Crippen LogP contribution in [0.2, 0.25) is 0 Å². The van der Waals surface area contributed by atoms with Crippen LogP contribution in [-0.2, 0) is 26.1 Å². The number of nitrogens with one attached hydrogen (secondary N) is 1. The fraction of sp³-hybridized carbons (Fsp3) is 0.200. The Morgan fingerprint density at radius 2 is 1.83 bits per heavy atom. The second-order valence-electron chi connectivity index (χ2n) is 6.56. The van der Waals surface area contributed by atoms with Crippen molar-refractivity contribution in [2.24, 2.45) is 0 Å². The van der Waals surface area contributed by atoms with E-state index in [2.05, 4.69) is 5.32 Å². The van der Waals surface area contributed by atoms with Crippen LogP contribution in [0.15, 0.2) is 48.5 Å². The number of rotatable bonds is 7. The summed E-state index contributed by atoms with van der Waals surface area (Å²) in [6, 6.07) is 12.2. The van der Waals surface area contributed by atoms with Crippen LogP contribution in [0.4, 0.5) is 10.1 Å². The van der Waals surface area contributed by atoms with Gasteiger partial charge in [0.2, 0.25) is 15.9 Å². The van der Waals surface area contributed by atoms with Crippen molar-refractivity contribution in [2.45, 2.75) is 6.54 Å². The highest BCUT2D eigenvalue weighted by atomic mass is 32.2. The summed E-state index contributed by atoms with van der Waals surface area (Å²) in [6.07, 6.45) is 1.01. The summed E-state index contributed by atoms with van der Waals surface area (Å²) < 4.78 is 43.8. The highest BCUT2D eigenvalue weighted by molar-refractivity contribution is 7.88. The van der Waals surface area contributed by atoms with Crippen molar-refractivity contribution >= 4 is 49.0 Å². The third-order valence-corrected chi connectivity index (χ3v) is 6.54. The average molecular weight is 451 g/mol. The van der Waals surface area contributed by atoms with E-state index >= 15 is 0 Å². The van der Waals surface area contributed by atoms with Gasteiger partial charge in [0.25, 0.3) is 0 Å². The maximum absolute atomic E-state index is 13.1. The molecule has 0 saturated heterocycles. The van der Waals surface area contributed by atoms with E-state index in [1.165, 1.54) is 42.7 Å². The molecule has 1 heterocycles. The molecule has 1 amide bonds. The Kier molecular flexibility index (Phi) is 6.49. The predicted molar refractivity (Wildman–Crippen MR) is 113 cm³/mol. The van der Waals surface area contributed by atoms with E-state index < -0.39 is 34.3 Å². The maximum atomic E-state index is 13.1. The van der Waals surface area contributed by atoms with Crippen molar-refractivity contribution in [1.82, 2.24) is 4.31 Å². The Labute approximate surface area is 177 Å². The van der Waals surface area contributed by atoms with Gasteiger partial charge in [0, 0.05) is 16.9 Å². The van der Waals surface area contributed by atoms with Gasteiger partial charge >= 0.3 is 5.97 Å². The quantitative estimate of drug-likeness (QED) is 0.558. The number of sulfonamides is 1. The molecule has 0 unspecified atom stereocenters. The first-order valence-electron chi connectivity index (χ1n) is 8.77. The van der Waals surface area contributed by atoms with Gasteiger partial charge in [-0.2, -0.15) is 4.31 Å². The van der Waals surface area contributed by atoms with Gasteiger partial charge in [-0.05, 0) is 47.3 Å². The van der Waals surface area contributed by atoms with Crippen LogP contribution in [0.1, 0.15) is 15.2 Å². The molecule has 0 atom stereocenters. The summed E-state index contributed by atoms with van der Waals surface area (Å²) >= 11 is 1.27. The molecular weight excluding hydrogens is 431 g/mol. The average Bonchev–Trinajstić information content (AvgIpc) is 3.11. The molecule has 0 fully saturated rings. The zero-order chi connectivity index (χ0) is 21.9. The Morgan fingerprint density at radius 1 is 1.13 bits per heavy atom. The number of thiophene rings is 1. The van der Waals surface area contributed by atoms with Gasteiger partial charge in [-0.1, -0.05) is 12.1 Å². The number of carbonyl (C=O) groups is 2. The highest BCUT2D eigenvalue weighted by Gasteiger charge is 2.21. The fourth-order valence-electron chi connectivity index (χ4n) is 2.77. The molecule has 2 aromatic carbocycles. The van der Waals surface area contributed by atoms with Crippen molar-refractivity contribution in [1.29, 1.82) is 0 Å². The number of benzene rings is 2. The van der Waals surface area contributed by atoms with Gasteiger partial charge in [0.15, 0.2) is 0 Å². The molecule has 0 saturated carbocycles. The fourth-order valence-corrected chi connectivity index (χ4v) is 4.46. The second kappa shape index (κ2) is 8.90. The molecule has 0 radical (unpaired) electrons. The Balaban J connectivity index is 1.73. The number of methoxy groups -OCH3 is 1. The van der Waals surface area contributed by atoms with Crippen LogP contribution < -0.4 is 5.32 Å². The van der Waals surface area contributed by atoms with Gasteiger partial charge in [0.05, 0.1) is 19.9 Å². The van der Waals surface area contributed by atoms with E-state index in [1.807, 2.05) is 0 Å². The molecule has 30 heavy (non-hydrogen) atoms. The number of halogens is 1. The molecule has 10 heteroatoms. The first-order chi connectivity index (χ1) is 14.2. The largest absolute Gasteiger partial charge is 0.465 e. The number of esters is 1. The van der Waals surface area contributed by atoms with E-state index in [0.29, 0.717) is 16.1 Å². The number of carbonyl (C=O) groups excluding carboxylic acids is 2. The minimum atomic E-state index is -3.68. The van der Waals surface area contributed by atoms with E-state index in [9.17, 15) is 22.4 Å². The van der Waals surface area contributed by atoms with Crippen LogP contribution >= 0.6 is 11.3 Å². The number of anilines is 1. The zero-order valence-electron chi connectivity index (χ0n) is 16.2. The number of hydrogen-bond acceptors (Lipinski definition) is 6. The molecule has 0 aliphatic heterocycles. The number of fused-ring (bicyclic) bond motifs is 1. The Morgan fingerprint density at radius 3 is 2.47 bits per heavy atom. The minimum Gasteiger partial charge on any atom is -0.465 e. The number of amides is 1. The van der Waals surface area contributed by atoms with Crippen LogP contribution in [0, 0.1) is 5.82 Å². The minimum absolute atomic E-state index is 0.0570. The lowest BCUT2D eigenvalue weighted by molar-refractivity contribution is -0.116.